The summed E-state index contributed by atoms with van der Waals surface area (Å²) in [5, 5.41) is 0.600. The van der Waals surface area contributed by atoms with Gasteiger partial charge in [-0.2, -0.15) is 0 Å². The van der Waals surface area contributed by atoms with E-state index >= 15 is 0 Å². The second-order valence-electron chi connectivity index (χ2n) is 5.62. The van der Waals surface area contributed by atoms with Crippen molar-refractivity contribution in [2.75, 3.05) is 11.4 Å². The molecule has 0 aliphatic heterocycles. The van der Waals surface area contributed by atoms with Crippen LogP contribution in [-0.2, 0) is 16.6 Å². The highest BCUT2D eigenvalue weighted by molar-refractivity contribution is 7.92. The summed E-state index contributed by atoms with van der Waals surface area (Å²) in [5.74, 6) is 0.487. The zero-order valence-electron chi connectivity index (χ0n) is 14.2. The number of hydrogen-bond acceptors (Lipinski definition) is 3. The molecule has 0 heterocycles. The van der Waals surface area contributed by atoms with E-state index in [4.69, 9.17) is 16.3 Å². The quantitative estimate of drug-likeness (QED) is 0.613. The van der Waals surface area contributed by atoms with E-state index in [2.05, 4.69) is 0 Å². The summed E-state index contributed by atoms with van der Waals surface area (Å²) in [4.78, 5) is 0.222. The molecule has 0 aliphatic carbocycles. The number of ether oxygens (including phenoxy) is 1. The van der Waals surface area contributed by atoms with E-state index in [0.29, 0.717) is 16.5 Å². The molecule has 0 unspecified atom stereocenters. The van der Waals surface area contributed by atoms with Crippen LogP contribution in [0.3, 0.4) is 0 Å². The summed E-state index contributed by atoms with van der Waals surface area (Å²) >= 11 is 5.95. The van der Waals surface area contributed by atoms with Gasteiger partial charge in [0.1, 0.15) is 5.75 Å². The van der Waals surface area contributed by atoms with Gasteiger partial charge in [-0.3, -0.25) is 4.31 Å². The number of anilines is 1. The highest BCUT2D eigenvalue weighted by atomic mass is 35.5. The molecule has 3 aromatic carbocycles. The van der Waals surface area contributed by atoms with Crippen molar-refractivity contribution in [1.82, 2.24) is 0 Å². The van der Waals surface area contributed by atoms with E-state index in [1.54, 1.807) is 66.7 Å². The first-order valence-electron chi connectivity index (χ1n) is 7.97. The van der Waals surface area contributed by atoms with Crippen LogP contribution in [0.4, 0.5) is 5.69 Å². The minimum atomic E-state index is -3.77. The second-order valence-corrected chi connectivity index (χ2v) is 7.92. The monoisotopic (exact) mass is 387 g/mol. The van der Waals surface area contributed by atoms with Gasteiger partial charge < -0.3 is 4.74 Å². The number of rotatable bonds is 6. The Hall–Kier alpha value is -2.50. The lowest BCUT2D eigenvalue weighted by Gasteiger charge is -2.26. The molecule has 3 rings (SSSR count). The van der Waals surface area contributed by atoms with Gasteiger partial charge in [-0.05, 0) is 42.0 Å². The fourth-order valence-electron chi connectivity index (χ4n) is 2.61. The van der Waals surface area contributed by atoms with Crippen LogP contribution in [0.2, 0.25) is 5.02 Å². The Labute approximate surface area is 158 Å². The molecule has 0 aromatic heterocycles. The van der Waals surface area contributed by atoms with Crippen molar-refractivity contribution in [2.45, 2.75) is 11.4 Å². The van der Waals surface area contributed by atoms with Crippen LogP contribution in [0.1, 0.15) is 5.56 Å². The van der Waals surface area contributed by atoms with Crippen LogP contribution >= 0.6 is 11.6 Å². The summed E-state index contributed by atoms with van der Waals surface area (Å²) in [7, 11) is -2.25. The van der Waals surface area contributed by atoms with Crippen LogP contribution in [0, 0.1) is 0 Å². The molecule has 0 saturated carbocycles. The molecule has 0 spiro atoms. The Bertz CT molecular complexity index is 973. The van der Waals surface area contributed by atoms with Gasteiger partial charge >= 0.3 is 0 Å². The molecule has 0 aliphatic rings. The van der Waals surface area contributed by atoms with Crippen molar-refractivity contribution in [3.05, 3.63) is 89.4 Å². The standard InChI is InChI=1S/C20H18ClNO3S/c1-25-20-10-6-5-9-19(20)22(15-16-11-13-17(21)14-12-16)26(23,24)18-7-3-2-4-8-18/h2-14H,15H2,1H3. The van der Waals surface area contributed by atoms with E-state index < -0.39 is 10.0 Å². The molecular weight excluding hydrogens is 370 g/mol. The number of nitrogens with zero attached hydrogens (tertiary/aromatic N) is 1. The Morgan fingerprint density at radius 1 is 0.885 bits per heavy atom. The minimum Gasteiger partial charge on any atom is -0.495 e. The third-order valence-corrected chi connectivity index (χ3v) is 5.95. The summed E-state index contributed by atoms with van der Waals surface area (Å²) in [6, 6.07) is 22.5. The molecule has 0 saturated heterocycles. The first kappa shape index (κ1) is 18.3. The average Bonchev–Trinajstić information content (AvgIpc) is 2.68. The molecule has 26 heavy (non-hydrogen) atoms. The van der Waals surface area contributed by atoms with Gasteiger partial charge in [0.05, 0.1) is 24.2 Å². The van der Waals surface area contributed by atoms with Gasteiger partial charge in [-0.1, -0.05) is 54.1 Å². The number of sulfonamides is 1. The van der Waals surface area contributed by atoms with E-state index in [1.165, 1.54) is 11.4 Å². The van der Waals surface area contributed by atoms with Crippen molar-refractivity contribution in [2.24, 2.45) is 0 Å². The summed E-state index contributed by atoms with van der Waals surface area (Å²) < 4.78 is 33.4. The van der Waals surface area contributed by atoms with Crippen molar-refractivity contribution >= 4 is 27.3 Å². The highest BCUT2D eigenvalue weighted by Crippen LogP contribution is 2.33. The number of hydrogen-bond donors (Lipinski definition) is 0. The van der Waals surface area contributed by atoms with Gasteiger partial charge in [0, 0.05) is 5.02 Å². The molecule has 0 fully saturated rings. The van der Waals surface area contributed by atoms with E-state index in [0.717, 1.165) is 5.56 Å². The highest BCUT2D eigenvalue weighted by Gasteiger charge is 2.27. The van der Waals surface area contributed by atoms with E-state index in [-0.39, 0.29) is 11.4 Å². The van der Waals surface area contributed by atoms with Gasteiger partial charge in [-0.25, -0.2) is 8.42 Å². The Kier molecular flexibility index (Phi) is 5.49. The minimum absolute atomic E-state index is 0.161. The molecule has 134 valence electrons. The second kappa shape index (κ2) is 7.81. The fourth-order valence-corrected chi connectivity index (χ4v) is 4.22. The van der Waals surface area contributed by atoms with Crippen LogP contribution in [0.15, 0.2) is 83.8 Å². The molecule has 4 nitrogen and oxygen atoms in total. The van der Waals surface area contributed by atoms with Crippen LogP contribution < -0.4 is 9.04 Å². The molecule has 0 atom stereocenters. The molecular formula is C20H18ClNO3S. The molecule has 0 radical (unpaired) electrons. The molecule has 0 N–H and O–H groups in total. The zero-order chi connectivity index (χ0) is 18.6. The third kappa shape index (κ3) is 3.84. The Balaban J connectivity index is 2.11. The summed E-state index contributed by atoms with van der Waals surface area (Å²) in [5.41, 5.74) is 1.30. The van der Waals surface area contributed by atoms with Gasteiger partial charge in [0.2, 0.25) is 0 Å². The maximum absolute atomic E-state index is 13.3. The van der Waals surface area contributed by atoms with Crippen molar-refractivity contribution in [1.29, 1.82) is 0 Å². The van der Waals surface area contributed by atoms with Gasteiger partial charge in [0.15, 0.2) is 0 Å². The number of para-hydroxylation sites is 2. The van der Waals surface area contributed by atoms with Crippen LogP contribution in [0.5, 0.6) is 5.75 Å². The lowest BCUT2D eigenvalue weighted by Crippen LogP contribution is -2.31. The van der Waals surface area contributed by atoms with Gasteiger partial charge in [0.25, 0.3) is 10.0 Å². The Morgan fingerprint density at radius 2 is 1.50 bits per heavy atom. The average molecular weight is 388 g/mol. The van der Waals surface area contributed by atoms with E-state index in [1.807, 2.05) is 12.1 Å². The van der Waals surface area contributed by atoms with Gasteiger partial charge in [-0.15, -0.1) is 0 Å². The largest absolute Gasteiger partial charge is 0.495 e. The smallest absolute Gasteiger partial charge is 0.264 e. The van der Waals surface area contributed by atoms with Crippen molar-refractivity contribution in [3.63, 3.8) is 0 Å². The van der Waals surface area contributed by atoms with E-state index in [9.17, 15) is 8.42 Å². The third-order valence-electron chi connectivity index (χ3n) is 3.92. The fraction of sp³-hybridized carbons (Fsp3) is 0.100. The van der Waals surface area contributed by atoms with Crippen molar-refractivity contribution < 1.29 is 13.2 Å². The maximum atomic E-state index is 13.3. The maximum Gasteiger partial charge on any atom is 0.264 e. The normalized spacial score (nSPS) is 11.2. The lowest BCUT2D eigenvalue weighted by atomic mass is 10.2. The SMILES string of the molecule is COc1ccccc1N(Cc1ccc(Cl)cc1)S(=O)(=O)c1ccccc1. The molecule has 6 heteroatoms. The van der Waals surface area contributed by atoms with Crippen LogP contribution in [-0.4, -0.2) is 15.5 Å². The number of benzene rings is 3. The summed E-state index contributed by atoms with van der Waals surface area (Å²) in [6.45, 7) is 0.161. The molecule has 3 aromatic rings. The number of halogens is 1. The first-order valence-corrected chi connectivity index (χ1v) is 9.79. The predicted octanol–water partition coefficient (Wildman–Crippen LogP) is 4.74. The first-order chi connectivity index (χ1) is 12.5. The topological polar surface area (TPSA) is 46.6 Å². The zero-order valence-corrected chi connectivity index (χ0v) is 15.7. The lowest BCUT2D eigenvalue weighted by molar-refractivity contribution is 0.415. The summed E-state index contributed by atoms with van der Waals surface area (Å²) in [6.07, 6.45) is 0. The van der Waals surface area contributed by atoms with Crippen molar-refractivity contribution in [3.8, 4) is 5.75 Å². The molecule has 0 bridgehead atoms. The molecule has 0 amide bonds. The Morgan fingerprint density at radius 3 is 2.15 bits per heavy atom. The van der Waals surface area contributed by atoms with Crippen LogP contribution in [0.25, 0.3) is 0 Å². The number of methoxy groups -OCH3 is 1. The predicted molar refractivity (Wildman–Crippen MR) is 104 cm³/mol.